The van der Waals surface area contributed by atoms with E-state index in [1.54, 1.807) is 18.3 Å². The minimum atomic E-state index is 0.329. The van der Waals surface area contributed by atoms with E-state index in [2.05, 4.69) is 31.8 Å². The zero-order valence-corrected chi connectivity index (χ0v) is 19.3. The molecule has 2 N–H and O–H groups in total. The summed E-state index contributed by atoms with van der Waals surface area (Å²) in [6, 6.07) is 9.07. The van der Waals surface area contributed by atoms with Gasteiger partial charge in [-0.25, -0.2) is 0 Å². The third-order valence-corrected chi connectivity index (χ3v) is 5.11. The molecular weight excluding hydrogens is 485 g/mol. The number of benzene rings is 2. The number of hydrazone groups is 1. The highest BCUT2D eigenvalue weighted by Crippen LogP contribution is 2.34. The van der Waals surface area contributed by atoms with Crippen LogP contribution in [0.15, 0.2) is 39.9 Å². The fourth-order valence-corrected chi connectivity index (χ4v) is 3.12. The van der Waals surface area contributed by atoms with Gasteiger partial charge in [-0.1, -0.05) is 29.3 Å². The second-order valence-corrected chi connectivity index (χ2v) is 7.60. The first-order valence-electron chi connectivity index (χ1n) is 8.54. The average molecular weight is 505 g/mol. The van der Waals surface area contributed by atoms with Crippen LogP contribution in [-0.2, 0) is 6.61 Å². The number of nitrogens with one attached hydrogen (secondary N) is 2. The Morgan fingerprint density at radius 3 is 2.57 bits per heavy atom. The van der Waals surface area contributed by atoms with E-state index in [-0.39, 0.29) is 0 Å². The lowest BCUT2D eigenvalue weighted by molar-refractivity contribution is 0.269. The lowest BCUT2D eigenvalue weighted by atomic mass is 10.2. The monoisotopic (exact) mass is 503 g/mol. The van der Waals surface area contributed by atoms with Gasteiger partial charge in [0, 0.05) is 16.6 Å². The highest BCUT2D eigenvalue weighted by Gasteiger charge is 2.11. The number of rotatable bonds is 8. The van der Waals surface area contributed by atoms with Crippen molar-refractivity contribution in [2.24, 2.45) is 5.10 Å². The topological polar surface area (TPSA) is 54.9 Å². The van der Waals surface area contributed by atoms with Crippen LogP contribution in [0.25, 0.3) is 0 Å². The van der Waals surface area contributed by atoms with Crippen LogP contribution in [0.5, 0.6) is 11.5 Å². The highest BCUT2D eigenvalue weighted by atomic mass is 79.9. The third-order valence-electron chi connectivity index (χ3n) is 3.45. The second kappa shape index (κ2) is 11.5. The molecule has 0 aromatic heterocycles. The van der Waals surface area contributed by atoms with Gasteiger partial charge in [0.1, 0.15) is 6.61 Å². The first kappa shape index (κ1) is 22.7. The molecule has 0 amide bonds. The molecule has 0 aliphatic carbocycles. The number of hydrogen-bond donors (Lipinski definition) is 2. The van der Waals surface area contributed by atoms with E-state index in [9.17, 15) is 0 Å². The first-order valence-corrected chi connectivity index (χ1v) is 10.5. The zero-order chi connectivity index (χ0) is 20.5. The molecule has 5 nitrogen and oxygen atoms in total. The van der Waals surface area contributed by atoms with E-state index in [1.807, 2.05) is 32.0 Å². The van der Waals surface area contributed by atoms with Crippen LogP contribution in [0.4, 0.5) is 0 Å². The van der Waals surface area contributed by atoms with Gasteiger partial charge in [0.25, 0.3) is 0 Å². The lowest BCUT2D eigenvalue weighted by Gasteiger charge is -2.14. The molecule has 0 aliphatic heterocycles. The Bertz CT molecular complexity index is 865. The molecule has 0 saturated carbocycles. The van der Waals surface area contributed by atoms with Crippen LogP contribution < -0.4 is 20.2 Å². The second-order valence-electron chi connectivity index (χ2n) is 5.52. The molecule has 2 rings (SSSR count). The molecule has 0 heterocycles. The van der Waals surface area contributed by atoms with E-state index >= 15 is 0 Å². The van der Waals surface area contributed by atoms with Gasteiger partial charge < -0.3 is 14.8 Å². The zero-order valence-electron chi connectivity index (χ0n) is 15.4. The molecule has 0 unspecified atom stereocenters. The summed E-state index contributed by atoms with van der Waals surface area (Å²) >= 11 is 20.6. The van der Waals surface area contributed by atoms with Gasteiger partial charge >= 0.3 is 0 Å². The Balaban J connectivity index is 2.15. The largest absolute Gasteiger partial charge is 0.490 e. The Kier molecular flexibility index (Phi) is 9.31. The Hall–Kier alpha value is -1.54. The van der Waals surface area contributed by atoms with Crippen LogP contribution in [0.2, 0.25) is 10.0 Å². The van der Waals surface area contributed by atoms with Crippen molar-refractivity contribution in [1.82, 2.24) is 10.7 Å². The average Bonchev–Trinajstić information content (AvgIpc) is 2.66. The molecule has 0 atom stereocenters. The van der Waals surface area contributed by atoms with Crippen molar-refractivity contribution < 1.29 is 9.47 Å². The number of ether oxygens (including phenoxy) is 2. The van der Waals surface area contributed by atoms with Gasteiger partial charge in [0.05, 0.1) is 22.9 Å². The molecule has 2 aromatic rings. The maximum atomic E-state index is 6.06. The molecule has 0 saturated heterocycles. The molecule has 28 heavy (non-hydrogen) atoms. The van der Waals surface area contributed by atoms with E-state index in [0.717, 1.165) is 22.1 Å². The summed E-state index contributed by atoms with van der Waals surface area (Å²) in [6.45, 7) is 5.43. The summed E-state index contributed by atoms with van der Waals surface area (Å²) in [5.41, 5.74) is 4.47. The number of hydrogen-bond acceptors (Lipinski definition) is 4. The van der Waals surface area contributed by atoms with Crippen molar-refractivity contribution in [2.75, 3.05) is 13.2 Å². The fourth-order valence-electron chi connectivity index (χ4n) is 2.18. The fraction of sp³-hybridized carbons (Fsp3) is 0.263. The molecule has 0 radical (unpaired) electrons. The quantitative estimate of drug-likeness (QED) is 0.280. The van der Waals surface area contributed by atoms with E-state index < -0.39 is 0 Å². The van der Waals surface area contributed by atoms with Gasteiger partial charge in [0.15, 0.2) is 16.6 Å². The van der Waals surface area contributed by atoms with E-state index in [1.165, 1.54) is 0 Å². The molecule has 0 bridgehead atoms. The predicted molar refractivity (Wildman–Crippen MR) is 123 cm³/mol. The Morgan fingerprint density at radius 2 is 1.89 bits per heavy atom. The molecule has 0 fully saturated rings. The molecular formula is C19H20BrCl2N3O2S. The summed E-state index contributed by atoms with van der Waals surface area (Å²) in [7, 11) is 0. The molecule has 150 valence electrons. The van der Waals surface area contributed by atoms with Gasteiger partial charge in [-0.2, -0.15) is 5.10 Å². The maximum Gasteiger partial charge on any atom is 0.186 e. The normalized spacial score (nSPS) is 10.8. The first-order chi connectivity index (χ1) is 13.4. The van der Waals surface area contributed by atoms with Crippen molar-refractivity contribution in [2.45, 2.75) is 20.5 Å². The van der Waals surface area contributed by atoms with Crippen LogP contribution >= 0.6 is 51.3 Å². The number of halogens is 3. The molecule has 2 aromatic carbocycles. The predicted octanol–water partition coefficient (Wildman–Crippen LogP) is 5.55. The van der Waals surface area contributed by atoms with Crippen LogP contribution in [-0.4, -0.2) is 24.5 Å². The van der Waals surface area contributed by atoms with Crippen LogP contribution in [0, 0.1) is 0 Å². The minimum absolute atomic E-state index is 0.329. The van der Waals surface area contributed by atoms with Gasteiger partial charge in [-0.3, -0.25) is 5.43 Å². The molecule has 9 heteroatoms. The van der Waals surface area contributed by atoms with Gasteiger partial charge in [-0.15, -0.1) is 0 Å². The SMILES string of the molecule is CCNC(=S)N/N=C\c1cc(OCC)c(OCc2ccc(Cl)c(Cl)c2)cc1Br. The summed E-state index contributed by atoms with van der Waals surface area (Å²) in [5.74, 6) is 1.22. The minimum Gasteiger partial charge on any atom is -0.490 e. The van der Waals surface area contributed by atoms with Crippen molar-refractivity contribution in [3.05, 3.63) is 56.0 Å². The van der Waals surface area contributed by atoms with Gasteiger partial charge in [0.2, 0.25) is 0 Å². The number of nitrogens with zero attached hydrogens (tertiary/aromatic N) is 1. The van der Waals surface area contributed by atoms with Crippen molar-refractivity contribution in [3.63, 3.8) is 0 Å². The molecule has 0 spiro atoms. The number of thiocarbonyl (C=S) groups is 1. The van der Waals surface area contributed by atoms with E-state index in [0.29, 0.717) is 39.9 Å². The van der Waals surface area contributed by atoms with Crippen molar-refractivity contribution >= 4 is 62.7 Å². The standard InChI is InChI=1S/C19H20BrCl2N3O2S/c1-3-23-19(28)25-24-10-13-8-17(26-4-2)18(9-14(13)20)27-11-12-5-6-15(21)16(22)7-12/h5-10H,3-4,11H2,1-2H3,(H2,23,25,28)/b24-10-. The Morgan fingerprint density at radius 1 is 1.14 bits per heavy atom. The smallest absolute Gasteiger partial charge is 0.186 e. The van der Waals surface area contributed by atoms with Crippen LogP contribution in [0.1, 0.15) is 25.0 Å². The van der Waals surface area contributed by atoms with Crippen molar-refractivity contribution in [1.29, 1.82) is 0 Å². The Labute approximate surface area is 188 Å². The van der Waals surface area contributed by atoms with Gasteiger partial charge in [-0.05, 0) is 71.8 Å². The molecule has 0 aliphatic rings. The van der Waals surface area contributed by atoms with E-state index in [4.69, 9.17) is 44.9 Å². The van der Waals surface area contributed by atoms with Crippen molar-refractivity contribution in [3.8, 4) is 11.5 Å². The summed E-state index contributed by atoms with van der Waals surface area (Å²) in [4.78, 5) is 0. The van der Waals surface area contributed by atoms with Crippen LogP contribution in [0.3, 0.4) is 0 Å². The summed E-state index contributed by atoms with van der Waals surface area (Å²) in [6.07, 6.45) is 1.65. The third kappa shape index (κ3) is 6.81. The summed E-state index contributed by atoms with van der Waals surface area (Å²) in [5, 5.41) is 8.55. The summed E-state index contributed by atoms with van der Waals surface area (Å²) < 4.78 is 12.5. The highest BCUT2D eigenvalue weighted by molar-refractivity contribution is 9.10. The lowest BCUT2D eigenvalue weighted by Crippen LogP contribution is -2.31. The maximum absolute atomic E-state index is 6.06.